The highest BCUT2D eigenvalue weighted by molar-refractivity contribution is 6.33. The van der Waals surface area contributed by atoms with Crippen LogP contribution in [0, 0.1) is 0 Å². The van der Waals surface area contributed by atoms with Gasteiger partial charge in [-0.15, -0.1) is 0 Å². The Morgan fingerprint density at radius 1 is 1.24 bits per heavy atom. The van der Waals surface area contributed by atoms with Crippen LogP contribution in [-0.4, -0.2) is 11.8 Å². The van der Waals surface area contributed by atoms with Crippen LogP contribution in [0.3, 0.4) is 0 Å². The van der Waals surface area contributed by atoms with Crippen molar-refractivity contribution in [2.75, 3.05) is 5.32 Å². The highest BCUT2D eigenvalue weighted by Crippen LogP contribution is 2.33. The van der Waals surface area contributed by atoms with Crippen LogP contribution in [0.25, 0.3) is 0 Å². The summed E-state index contributed by atoms with van der Waals surface area (Å²) in [7, 11) is 0. The van der Waals surface area contributed by atoms with Crippen LogP contribution < -0.4 is 28.0 Å². The molecule has 0 unspecified atom stereocenters. The molecule has 5 nitrogen and oxygen atoms in total. The second-order valence-corrected chi connectivity index (χ2v) is 5.28. The quantitative estimate of drug-likeness (QED) is 0.679. The molecular formula is C15H12Cl2F3N3O2. The lowest BCUT2D eigenvalue weighted by atomic mass is 10.2. The predicted molar refractivity (Wildman–Crippen MR) is 80.2 cm³/mol. The number of primary amides is 1. The molecule has 1 aromatic heterocycles. The molecule has 3 N–H and O–H groups in total. The second-order valence-electron chi connectivity index (χ2n) is 4.87. The second kappa shape index (κ2) is 8.17. The van der Waals surface area contributed by atoms with E-state index in [4.69, 9.17) is 17.3 Å². The minimum atomic E-state index is -4.55. The minimum Gasteiger partial charge on any atom is -1.00 e. The van der Waals surface area contributed by atoms with Gasteiger partial charge in [-0.3, -0.25) is 9.59 Å². The fourth-order valence-corrected chi connectivity index (χ4v) is 2.08. The molecule has 1 aromatic carbocycles. The average molecular weight is 394 g/mol. The fourth-order valence-electron chi connectivity index (χ4n) is 1.92. The van der Waals surface area contributed by atoms with E-state index in [1.54, 1.807) is 0 Å². The summed E-state index contributed by atoms with van der Waals surface area (Å²) in [5, 5.41) is 2.29. The van der Waals surface area contributed by atoms with E-state index in [0.717, 1.165) is 18.2 Å². The van der Waals surface area contributed by atoms with E-state index in [1.807, 2.05) is 0 Å². The summed E-state index contributed by atoms with van der Waals surface area (Å²) in [6.45, 7) is -0.228. The molecule has 0 aliphatic carbocycles. The van der Waals surface area contributed by atoms with Crippen LogP contribution in [0.2, 0.25) is 5.02 Å². The van der Waals surface area contributed by atoms with Crippen molar-refractivity contribution in [3.05, 3.63) is 58.9 Å². The zero-order chi connectivity index (χ0) is 17.9. The number of anilines is 1. The van der Waals surface area contributed by atoms with Gasteiger partial charge >= 0.3 is 6.18 Å². The molecule has 0 aliphatic rings. The number of hydrogen-bond donors (Lipinski definition) is 2. The number of nitrogens with zero attached hydrogens (tertiary/aromatic N) is 1. The maximum Gasteiger partial charge on any atom is 0.416 e. The number of aromatic nitrogens is 1. The summed E-state index contributed by atoms with van der Waals surface area (Å²) in [6.07, 6.45) is -1.68. The van der Waals surface area contributed by atoms with Gasteiger partial charge in [-0.1, -0.05) is 11.6 Å². The number of amides is 2. The third kappa shape index (κ3) is 5.61. The van der Waals surface area contributed by atoms with Crippen LogP contribution in [-0.2, 0) is 17.5 Å². The van der Waals surface area contributed by atoms with E-state index in [1.165, 1.54) is 29.1 Å². The molecule has 0 radical (unpaired) electrons. The van der Waals surface area contributed by atoms with Gasteiger partial charge in [-0.25, -0.2) is 0 Å². The summed E-state index contributed by atoms with van der Waals surface area (Å²) in [4.78, 5) is 23.1. The molecule has 2 amide bonds. The zero-order valence-corrected chi connectivity index (χ0v) is 14.0. The van der Waals surface area contributed by atoms with Crippen molar-refractivity contribution >= 4 is 29.1 Å². The van der Waals surface area contributed by atoms with E-state index < -0.39 is 23.6 Å². The smallest absolute Gasteiger partial charge is 0.416 e. The van der Waals surface area contributed by atoms with Crippen LogP contribution in [0.5, 0.6) is 0 Å². The first-order chi connectivity index (χ1) is 11.2. The third-order valence-electron chi connectivity index (χ3n) is 3.04. The van der Waals surface area contributed by atoms with Gasteiger partial charge in [0.1, 0.15) is 5.56 Å². The first kappa shape index (κ1) is 20.7. The average Bonchev–Trinajstić information content (AvgIpc) is 2.48. The molecule has 2 aromatic rings. The highest BCUT2D eigenvalue weighted by atomic mass is 35.5. The fraction of sp³-hybridized carbons (Fsp3) is 0.133. The molecule has 10 heteroatoms. The van der Waals surface area contributed by atoms with E-state index in [0.29, 0.717) is 0 Å². The number of nitrogens with two attached hydrogens (primary N) is 1. The van der Waals surface area contributed by atoms with Crippen molar-refractivity contribution in [3.8, 4) is 0 Å². The van der Waals surface area contributed by atoms with E-state index >= 15 is 0 Å². The molecule has 0 saturated carbocycles. The third-order valence-corrected chi connectivity index (χ3v) is 3.37. The normalized spacial score (nSPS) is 10.7. The van der Waals surface area contributed by atoms with Gasteiger partial charge in [-0.2, -0.15) is 17.7 Å². The zero-order valence-electron chi connectivity index (χ0n) is 12.5. The summed E-state index contributed by atoms with van der Waals surface area (Å²) in [5.41, 5.74) is 4.26. The van der Waals surface area contributed by atoms with Gasteiger partial charge in [0.2, 0.25) is 6.54 Å². The van der Waals surface area contributed by atoms with Crippen molar-refractivity contribution in [1.29, 1.82) is 0 Å². The molecular weight excluding hydrogens is 382 g/mol. The van der Waals surface area contributed by atoms with E-state index in [-0.39, 0.29) is 35.2 Å². The monoisotopic (exact) mass is 393 g/mol. The number of benzene rings is 1. The maximum absolute atomic E-state index is 12.7. The number of hydrogen-bond acceptors (Lipinski definition) is 2. The lowest BCUT2D eigenvalue weighted by Crippen LogP contribution is -3.00. The van der Waals surface area contributed by atoms with Gasteiger partial charge in [-0.05, 0) is 24.3 Å². The molecule has 0 bridgehead atoms. The molecule has 0 saturated heterocycles. The molecule has 0 atom stereocenters. The number of rotatable bonds is 4. The Morgan fingerprint density at radius 3 is 2.52 bits per heavy atom. The molecule has 1 heterocycles. The van der Waals surface area contributed by atoms with Gasteiger partial charge in [0.15, 0.2) is 12.4 Å². The van der Waals surface area contributed by atoms with Crippen molar-refractivity contribution in [1.82, 2.24) is 0 Å². The molecule has 2 rings (SSSR count). The van der Waals surface area contributed by atoms with Gasteiger partial charge in [0.25, 0.3) is 11.8 Å². The summed E-state index contributed by atoms with van der Waals surface area (Å²) in [6, 6.07) is 5.62. The van der Waals surface area contributed by atoms with Crippen LogP contribution in [0.1, 0.15) is 15.9 Å². The Balaban J connectivity index is 0.00000312. The Morgan fingerprint density at radius 2 is 1.92 bits per heavy atom. The predicted octanol–water partition coefficient (Wildman–Crippen LogP) is -0.612. The largest absolute Gasteiger partial charge is 1.00 e. The topological polar surface area (TPSA) is 76.1 Å². The van der Waals surface area contributed by atoms with Crippen molar-refractivity contribution in [2.24, 2.45) is 5.73 Å². The first-order valence-electron chi connectivity index (χ1n) is 6.62. The van der Waals surface area contributed by atoms with Gasteiger partial charge in [0, 0.05) is 6.07 Å². The lowest BCUT2D eigenvalue weighted by molar-refractivity contribution is -0.684. The lowest BCUT2D eigenvalue weighted by Gasteiger charge is -2.11. The number of alkyl halides is 3. The number of carbonyl (C=O) groups is 2. The molecule has 0 spiro atoms. The Labute approximate surface area is 152 Å². The van der Waals surface area contributed by atoms with E-state index in [2.05, 4.69) is 5.32 Å². The van der Waals surface area contributed by atoms with Crippen molar-refractivity contribution < 1.29 is 39.7 Å². The molecule has 25 heavy (non-hydrogen) atoms. The van der Waals surface area contributed by atoms with Gasteiger partial charge < -0.3 is 23.5 Å². The Kier molecular flexibility index (Phi) is 6.78. The number of pyridine rings is 1. The summed E-state index contributed by atoms with van der Waals surface area (Å²) >= 11 is 5.81. The van der Waals surface area contributed by atoms with Gasteiger partial charge in [0.05, 0.1) is 16.3 Å². The molecule has 0 aliphatic heterocycles. The minimum absolute atomic E-state index is 0. The SMILES string of the molecule is NC(=O)c1ccc[n+](CC(=O)Nc2cc(C(F)(F)F)ccc2Cl)c1.[Cl-]. The van der Waals surface area contributed by atoms with Crippen LogP contribution in [0.15, 0.2) is 42.7 Å². The van der Waals surface area contributed by atoms with Crippen molar-refractivity contribution in [3.63, 3.8) is 0 Å². The van der Waals surface area contributed by atoms with Crippen LogP contribution >= 0.6 is 11.6 Å². The highest BCUT2D eigenvalue weighted by Gasteiger charge is 2.31. The number of nitrogens with one attached hydrogen (secondary N) is 1. The van der Waals surface area contributed by atoms with Crippen molar-refractivity contribution in [2.45, 2.75) is 12.7 Å². The van der Waals surface area contributed by atoms with E-state index in [9.17, 15) is 22.8 Å². The number of carbonyl (C=O) groups excluding carboxylic acids is 2. The maximum atomic E-state index is 12.7. The molecule has 134 valence electrons. The Bertz CT molecular complexity index is 798. The van der Waals surface area contributed by atoms with Crippen LogP contribution in [0.4, 0.5) is 18.9 Å². The first-order valence-corrected chi connectivity index (χ1v) is 7.00. The standard InChI is InChI=1S/C15H11ClF3N3O2.ClH/c16-11-4-3-10(15(17,18)19)6-12(11)21-13(23)8-22-5-1-2-9(7-22)14(20)24;/h1-7H,8H2,(H2-,20,21,23,24);1H. The number of halogens is 5. The molecule has 0 fully saturated rings. The Hall–Kier alpha value is -2.32. The summed E-state index contributed by atoms with van der Waals surface area (Å²) in [5.74, 6) is -1.27. The summed E-state index contributed by atoms with van der Waals surface area (Å²) < 4.78 is 39.5.